The molecule has 6 nitrogen and oxygen atoms in total. The fourth-order valence-corrected chi connectivity index (χ4v) is 1.48. The third-order valence-corrected chi connectivity index (χ3v) is 2.51. The summed E-state index contributed by atoms with van der Waals surface area (Å²) < 4.78 is 5.36. The molecule has 0 atom stereocenters. The molecule has 0 unspecified atom stereocenters. The number of nitro groups is 1. The van der Waals surface area contributed by atoms with Crippen LogP contribution in [0.5, 0.6) is 0 Å². The average molecular weight is 274 g/mol. The highest BCUT2D eigenvalue weighted by Gasteiger charge is 2.10. The SMILES string of the molecule is CCCCOCCNc1ncc([N+](=O)[O-])cc1Cl. The Balaban J connectivity index is 2.36. The van der Waals surface area contributed by atoms with Gasteiger partial charge in [0.2, 0.25) is 0 Å². The zero-order valence-electron chi connectivity index (χ0n) is 10.2. The summed E-state index contributed by atoms with van der Waals surface area (Å²) in [6.45, 7) is 3.95. The second-order valence-electron chi connectivity index (χ2n) is 3.67. The molecule has 1 N–H and O–H groups in total. The number of halogens is 1. The molecule has 18 heavy (non-hydrogen) atoms. The Kier molecular flexibility index (Phi) is 6.38. The standard InChI is InChI=1S/C11H16ClN3O3/c1-2-3-5-18-6-4-13-11-10(12)7-9(8-14-11)15(16)17/h7-8H,2-6H2,1H3,(H,13,14). The van der Waals surface area contributed by atoms with Gasteiger partial charge in [0.05, 0.1) is 16.6 Å². The summed E-state index contributed by atoms with van der Waals surface area (Å²) in [5.74, 6) is 0.432. The lowest BCUT2D eigenvalue weighted by atomic mass is 10.4. The Labute approximate surface area is 110 Å². The quantitative estimate of drug-likeness (QED) is 0.448. The van der Waals surface area contributed by atoms with Crippen LogP contribution >= 0.6 is 11.6 Å². The molecular formula is C11H16ClN3O3. The number of rotatable bonds is 8. The molecular weight excluding hydrogens is 258 g/mol. The number of nitrogens with zero attached hydrogens (tertiary/aromatic N) is 2. The summed E-state index contributed by atoms with van der Waals surface area (Å²) in [7, 11) is 0. The predicted molar refractivity (Wildman–Crippen MR) is 70.1 cm³/mol. The fraction of sp³-hybridized carbons (Fsp3) is 0.545. The van der Waals surface area contributed by atoms with Crippen LogP contribution in [0.1, 0.15) is 19.8 Å². The van der Waals surface area contributed by atoms with Gasteiger partial charge < -0.3 is 10.1 Å². The fourth-order valence-electron chi connectivity index (χ4n) is 1.25. The normalized spacial score (nSPS) is 10.3. The summed E-state index contributed by atoms with van der Waals surface area (Å²) in [4.78, 5) is 13.9. The third-order valence-electron chi connectivity index (χ3n) is 2.22. The van der Waals surface area contributed by atoms with Crippen LogP contribution in [0, 0.1) is 10.1 Å². The second kappa shape index (κ2) is 7.84. The largest absolute Gasteiger partial charge is 0.380 e. The third kappa shape index (κ3) is 4.85. The summed E-state index contributed by atoms with van der Waals surface area (Å²) in [6, 6.07) is 1.27. The molecule has 1 rings (SSSR count). The highest BCUT2D eigenvalue weighted by molar-refractivity contribution is 6.33. The zero-order valence-corrected chi connectivity index (χ0v) is 10.9. The number of hydrogen-bond donors (Lipinski definition) is 1. The van der Waals surface area contributed by atoms with E-state index in [1.165, 1.54) is 12.3 Å². The van der Waals surface area contributed by atoms with Gasteiger partial charge in [-0.3, -0.25) is 10.1 Å². The Hall–Kier alpha value is -1.40. The van der Waals surface area contributed by atoms with E-state index in [1.807, 2.05) is 0 Å². The number of anilines is 1. The Morgan fingerprint density at radius 3 is 2.94 bits per heavy atom. The van der Waals surface area contributed by atoms with E-state index in [1.54, 1.807) is 0 Å². The lowest BCUT2D eigenvalue weighted by molar-refractivity contribution is -0.385. The number of aromatic nitrogens is 1. The molecule has 7 heteroatoms. The van der Waals surface area contributed by atoms with Crippen molar-refractivity contribution in [2.24, 2.45) is 0 Å². The summed E-state index contributed by atoms with van der Waals surface area (Å²) in [5, 5.41) is 13.7. The van der Waals surface area contributed by atoms with Crippen LogP contribution < -0.4 is 5.32 Å². The van der Waals surface area contributed by atoms with Crippen molar-refractivity contribution in [3.8, 4) is 0 Å². The van der Waals surface area contributed by atoms with Crippen LogP contribution in [0.2, 0.25) is 5.02 Å². The van der Waals surface area contributed by atoms with Crippen LogP contribution in [0.4, 0.5) is 11.5 Å². The smallest absolute Gasteiger partial charge is 0.289 e. The minimum atomic E-state index is -0.531. The summed E-state index contributed by atoms with van der Waals surface area (Å²) in [5.41, 5.74) is -0.121. The van der Waals surface area contributed by atoms with Crippen LogP contribution in [-0.4, -0.2) is 29.7 Å². The summed E-state index contributed by atoms with van der Waals surface area (Å²) >= 11 is 5.87. The Morgan fingerprint density at radius 2 is 2.33 bits per heavy atom. The number of unbranched alkanes of at least 4 members (excludes halogenated alkanes) is 1. The molecule has 100 valence electrons. The molecule has 0 amide bonds. The van der Waals surface area contributed by atoms with E-state index in [0.717, 1.165) is 19.4 Å². The molecule has 0 bridgehead atoms. The van der Waals surface area contributed by atoms with Gasteiger partial charge >= 0.3 is 0 Å². The summed E-state index contributed by atoms with van der Waals surface area (Å²) in [6.07, 6.45) is 3.31. The van der Waals surface area contributed by atoms with Crippen LogP contribution in [-0.2, 0) is 4.74 Å². The van der Waals surface area contributed by atoms with E-state index >= 15 is 0 Å². The van der Waals surface area contributed by atoms with E-state index < -0.39 is 4.92 Å². The topological polar surface area (TPSA) is 77.3 Å². The maximum atomic E-state index is 10.5. The van der Waals surface area contributed by atoms with Gasteiger partial charge in [-0.1, -0.05) is 24.9 Å². The number of pyridine rings is 1. The van der Waals surface area contributed by atoms with Gasteiger partial charge in [0.15, 0.2) is 0 Å². The van der Waals surface area contributed by atoms with Gasteiger partial charge in [0.1, 0.15) is 12.0 Å². The molecule has 1 aromatic rings. The van der Waals surface area contributed by atoms with E-state index in [9.17, 15) is 10.1 Å². The zero-order chi connectivity index (χ0) is 13.4. The van der Waals surface area contributed by atoms with Crippen molar-refractivity contribution in [3.63, 3.8) is 0 Å². The first-order chi connectivity index (χ1) is 8.65. The van der Waals surface area contributed by atoms with Crippen molar-refractivity contribution < 1.29 is 9.66 Å². The molecule has 0 aliphatic rings. The van der Waals surface area contributed by atoms with Gasteiger partial charge in [0.25, 0.3) is 5.69 Å². The van der Waals surface area contributed by atoms with Crippen molar-refractivity contribution in [1.82, 2.24) is 4.98 Å². The van der Waals surface area contributed by atoms with Crippen molar-refractivity contribution in [2.75, 3.05) is 25.1 Å². The average Bonchev–Trinajstić information content (AvgIpc) is 2.35. The monoisotopic (exact) mass is 273 g/mol. The van der Waals surface area contributed by atoms with Gasteiger partial charge in [-0.05, 0) is 6.42 Å². The van der Waals surface area contributed by atoms with E-state index in [-0.39, 0.29) is 10.7 Å². The van der Waals surface area contributed by atoms with Crippen LogP contribution in [0.3, 0.4) is 0 Å². The highest BCUT2D eigenvalue weighted by Crippen LogP contribution is 2.23. The lowest BCUT2D eigenvalue weighted by Gasteiger charge is -2.07. The molecule has 0 aliphatic heterocycles. The number of nitrogens with one attached hydrogen (secondary N) is 1. The van der Waals surface area contributed by atoms with Crippen LogP contribution in [0.25, 0.3) is 0 Å². The molecule has 0 spiro atoms. The molecule has 0 aliphatic carbocycles. The minimum Gasteiger partial charge on any atom is -0.380 e. The molecule has 0 saturated heterocycles. The molecule has 0 aromatic carbocycles. The van der Waals surface area contributed by atoms with Crippen molar-refractivity contribution >= 4 is 23.1 Å². The Morgan fingerprint density at radius 1 is 1.56 bits per heavy atom. The maximum absolute atomic E-state index is 10.5. The molecule has 0 fully saturated rings. The van der Waals surface area contributed by atoms with Crippen molar-refractivity contribution in [2.45, 2.75) is 19.8 Å². The maximum Gasteiger partial charge on any atom is 0.289 e. The van der Waals surface area contributed by atoms with Crippen molar-refractivity contribution in [1.29, 1.82) is 0 Å². The minimum absolute atomic E-state index is 0.121. The van der Waals surface area contributed by atoms with E-state index in [2.05, 4.69) is 17.2 Å². The predicted octanol–water partition coefficient (Wildman–Crippen LogP) is 2.87. The van der Waals surface area contributed by atoms with Crippen LogP contribution in [0.15, 0.2) is 12.3 Å². The Bertz CT molecular complexity index is 401. The molecule has 1 heterocycles. The lowest BCUT2D eigenvalue weighted by Crippen LogP contribution is -2.11. The van der Waals surface area contributed by atoms with Gasteiger partial charge in [0, 0.05) is 19.2 Å². The van der Waals surface area contributed by atoms with E-state index in [0.29, 0.717) is 19.0 Å². The first-order valence-corrected chi connectivity index (χ1v) is 6.14. The second-order valence-corrected chi connectivity index (χ2v) is 4.08. The van der Waals surface area contributed by atoms with Gasteiger partial charge in [-0.25, -0.2) is 4.98 Å². The molecule has 1 aromatic heterocycles. The van der Waals surface area contributed by atoms with Gasteiger partial charge in [-0.2, -0.15) is 0 Å². The van der Waals surface area contributed by atoms with Gasteiger partial charge in [-0.15, -0.1) is 0 Å². The first-order valence-electron chi connectivity index (χ1n) is 5.76. The number of hydrogen-bond acceptors (Lipinski definition) is 5. The van der Waals surface area contributed by atoms with Crippen molar-refractivity contribution in [3.05, 3.63) is 27.4 Å². The first kappa shape index (κ1) is 14.7. The highest BCUT2D eigenvalue weighted by atomic mass is 35.5. The molecule has 0 saturated carbocycles. The number of ether oxygens (including phenoxy) is 1. The molecule has 0 radical (unpaired) electrons. The van der Waals surface area contributed by atoms with E-state index in [4.69, 9.17) is 16.3 Å².